The molecule has 9 nitrogen and oxygen atoms in total. The van der Waals surface area contributed by atoms with Crippen molar-refractivity contribution in [2.45, 2.75) is 6.54 Å². The first kappa shape index (κ1) is 14.1. The smallest absolute Gasteiger partial charge is 0.264 e. The van der Waals surface area contributed by atoms with Gasteiger partial charge >= 0.3 is 0 Å². The molecule has 0 aliphatic heterocycles. The second-order valence-corrected chi connectivity index (χ2v) is 5.33. The van der Waals surface area contributed by atoms with Gasteiger partial charge in [-0.15, -0.1) is 0 Å². The Hall–Kier alpha value is -3.49. The number of hydrogen-bond acceptors (Lipinski definition) is 5. The summed E-state index contributed by atoms with van der Waals surface area (Å²) in [5.41, 5.74) is 1.74. The van der Waals surface area contributed by atoms with Gasteiger partial charge in [-0.3, -0.25) is 24.2 Å². The van der Waals surface area contributed by atoms with E-state index in [0.717, 1.165) is 11.0 Å². The van der Waals surface area contributed by atoms with Crippen molar-refractivity contribution in [1.82, 2.24) is 29.3 Å². The molecule has 2 N–H and O–H groups in total. The van der Waals surface area contributed by atoms with Gasteiger partial charge in [0.2, 0.25) is 11.9 Å². The molecule has 0 spiro atoms. The minimum Gasteiger partial charge on any atom is -0.324 e. The molecular formula is C15H13N7O2. The molecule has 0 aliphatic carbocycles. The number of hydrogen-bond donors (Lipinski definition) is 2. The fourth-order valence-corrected chi connectivity index (χ4v) is 2.52. The standard InChI is InChI=1S/C15H13N7O2/c1-21-13-9(6-17-21)14(24)22(8-16-13)7-12(23)20-15-18-10-4-2-3-5-11(10)19-15/h2-6,8H,7H2,1H3,(H2,18,19,20,23). The Kier molecular flexibility index (Phi) is 3.12. The molecular weight excluding hydrogens is 310 g/mol. The third kappa shape index (κ3) is 2.32. The zero-order chi connectivity index (χ0) is 16.7. The number of anilines is 1. The molecule has 1 amide bonds. The SMILES string of the molecule is Cn1ncc2c(=O)n(CC(=O)Nc3nc4ccccc4[nH]3)cnc21. The third-order valence-electron chi connectivity index (χ3n) is 3.68. The van der Waals surface area contributed by atoms with Gasteiger partial charge in [0.15, 0.2) is 5.65 Å². The van der Waals surface area contributed by atoms with Crippen LogP contribution in [0, 0.1) is 0 Å². The molecule has 24 heavy (non-hydrogen) atoms. The number of fused-ring (bicyclic) bond motifs is 2. The summed E-state index contributed by atoms with van der Waals surface area (Å²) < 4.78 is 2.75. The number of rotatable bonds is 3. The van der Waals surface area contributed by atoms with E-state index in [1.165, 1.54) is 21.8 Å². The van der Waals surface area contributed by atoms with E-state index in [4.69, 9.17) is 0 Å². The summed E-state index contributed by atoms with van der Waals surface area (Å²) >= 11 is 0. The minimum absolute atomic E-state index is 0.159. The van der Waals surface area contributed by atoms with Gasteiger partial charge in [-0.1, -0.05) is 12.1 Å². The van der Waals surface area contributed by atoms with Crippen molar-refractivity contribution in [1.29, 1.82) is 0 Å². The van der Waals surface area contributed by atoms with Crippen LogP contribution in [-0.2, 0) is 18.4 Å². The third-order valence-corrected chi connectivity index (χ3v) is 3.68. The van der Waals surface area contributed by atoms with Crippen molar-refractivity contribution in [3.63, 3.8) is 0 Å². The lowest BCUT2D eigenvalue weighted by Gasteiger charge is -2.05. The number of nitrogens with zero attached hydrogens (tertiary/aromatic N) is 5. The van der Waals surface area contributed by atoms with Crippen LogP contribution in [0.5, 0.6) is 0 Å². The number of carbonyl (C=O) groups excluding carboxylic acids is 1. The topological polar surface area (TPSA) is 110 Å². The Morgan fingerprint density at radius 2 is 2.17 bits per heavy atom. The van der Waals surface area contributed by atoms with Gasteiger partial charge in [-0.2, -0.15) is 5.10 Å². The maximum Gasteiger partial charge on any atom is 0.264 e. The molecule has 0 radical (unpaired) electrons. The van der Waals surface area contributed by atoms with E-state index >= 15 is 0 Å². The number of para-hydroxylation sites is 2. The molecule has 3 heterocycles. The van der Waals surface area contributed by atoms with Crippen LogP contribution in [0.2, 0.25) is 0 Å². The monoisotopic (exact) mass is 323 g/mol. The number of aromatic amines is 1. The van der Waals surface area contributed by atoms with Gasteiger partial charge < -0.3 is 4.98 Å². The van der Waals surface area contributed by atoms with Gasteiger partial charge in [0, 0.05) is 7.05 Å². The molecule has 0 fully saturated rings. The highest BCUT2D eigenvalue weighted by Crippen LogP contribution is 2.13. The molecule has 120 valence electrons. The number of aryl methyl sites for hydroxylation is 1. The van der Waals surface area contributed by atoms with E-state index in [-0.39, 0.29) is 18.0 Å². The summed E-state index contributed by atoms with van der Waals surface area (Å²) in [5, 5.41) is 7.01. The summed E-state index contributed by atoms with van der Waals surface area (Å²) in [6.07, 6.45) is 2.78. The van der Waals surface area contributed by atoms with E-state index in [9.17, 15) is 9.59 Å². The average molecular weight is 323 g/mol. The number of H-pyrrole nitrogens is 1. The van der Waals surface area contributed by atoms with E-state index in [1.807, 2.05) is 24.3 Å². The van der Waals surface area contributed by atoms with Crippen molar-refractivity contribution in [2.75, 3.05) is 5.32 Å². The lowest BCUT2D eigenvalue weighted by Crippen LogP contribution is -2.28. The first-order chi connectivity index (χ1) is 11.6. The lowest BCUT2D eigenvalue weighted by molar-refractivity contribution is -0.116. The summed E-state index contributed by atoms with van der Waals surface area (Å²) in [6, 6.07) is 7.44. The molecule has 0 aliphatic rings. The molecule has 3 aromatic heterocycles. The highest BCUT2D eigenvalue weighted by molar-refractivity contribution is 5.91. The first-order valence-electron chi connectivity index (χ1n) is 7.23. The molecule has 0 atom stereocenters. The van der Waals surface area contributed by atoms with Crippen molar-refractivity contribution >= 4 is 33.9 Å². The fraction of sp³-hybridized carbons (Fsp3) is 0.133. The van der Waals surface area contributed by atoms with Crippen LogP contribution in [0.15, 0.2) is 41.6 Å². The quantitative estimate of drug-likeness (QED) is 0.575. The van der Waals surface area contributed by atoms with Gasteiger partial charge in [0.25, 0.3) is 5.56 Å². The molecule has 0 bridgehead atoms. The largest absolute Gasteiger partial charge is 0.324 e. The van der Waals surface area contributed by atoms with Crippen LogP contribution in [0.4, 0.5) is 5.95 Å². The Bertz CT molecular complexity index is 1090. The number of benzene rings is 1. The summed E-state index contributed by atoms with van der Waals surface area (Å²) in [4.78, 5) is 35.9. The van der Waals surface area contributed by atoms with Crippen molar-refractivity contribution < 1.29 is 4.79 Å². The van der Waals surface area contributed by atoms with Crippen LogP contribution in [0.3, 0.4) is 0 Å². The van der Waals surface area contributed by atoms with Gasteiger partial charge in [-0.05, 0) is 12.1 Å². The molecule has 4 rings (SSSR count). The van der Waals surface area contributed by atoms with Crippen molar-refractivity contribution in [3.05, 3.63) is 47.1 Å². The predicted molar refractivity (Wildman–Crippen MR) is 87.5 cm³/mol. The second kappa shape index (κ2) is 5.30. The van der Waals surface area contributed by atoms with E-state index in [2.05, 4.69) is 25.4 Å². The summed E-state index contributed by atoms with van der Waals surface area (Å²) in [7, 11) is 1.70. The number of amides is 1. The van der Waals surface area contributed by atoms with E-state index in [1.54, 1.807) is 7.05 Å². The maximum absolute atomic E-state index is 12.3. The van der Waals surface area contributed by atoms with Gasteiger partial charge in [0.1, 0.15) is 18.3 Å². The van der Waals surface area contributed by atoms with Crippen molar-refractivity contribution in [2.24, 2.45) is 7.05 Å². The van der Waals surface area contributed by atoms with Crippen LogP contribution in [-0.4, -0.2) is 35.2 Å². The Morgan fingerprint density at radius 3 is 3.00 bits per heavy atom. The zero-order valence-electron chi connectivity index (χ0n) is 12.7. The summed E-state index contributed by atoms with van der Waals surface area (Å²) in [5.74, 6) is -0.0362. The zero-order valence-corrected chi connectivity index (χ0v) is 12.7. The van der Waals surface area contributed by atoms with Crippen molar-refractivity contribution in [3.8, 4) is 0 Å². The molecule has 9 heteroatoms. The molecule has 4 aromatic rings. The van der Waals surface area contributed by atoms with Crippen LogP contribution in [0.25, 0.3) is 22.1 Å². The molecule has 0 saturated carbocycles. The van der Waals surface area contributed by atoms with E-state index in [0.29, 0.717) is 17.0 Å². The number of imidazole rings is 1. The van der Waals surface area contributed by atoms with Gasteiger partial charge in [-0.25, -0.2) is 9.97 Å². The first-order valence-corrected chi connectivity index (χ1v) is 7.23. The number of carbonyl (C=O) groups is 1. The van der Waals surface area contributed by atoms with Gasteiger partial charge in [0.05, 0.1) is 17.2 Å². The number of aromatic nitrogens is 6. The van der Waals surface area contributed by atoms with Crippen LogP contribution >= 0.6 is 0 Å². The molecule has 0 saturated heterocycles. The number of nitrogens with one attached hydrogen (secondary N) is 2. The fourth-order valence-electron chi connectivity index (χ4n) is 2.52. The summed E-state index contributed by atoms with van der Waals surface area (Å²) in [6.45, 7) is -0.159. The minimum atomic E-state index is -0.374. The maximum atomic E-state index is 12.3. The predicted octanol–water partition coefficient (Wildman–Crippen LogP) is 0.645. The lowest BCUT2D eigenvalue weighted by atomic mass is 10.3. The van der Waals surface area contributed by atoms with Crippen LogP contribution < -0.4 is 10.9 Å². The molecule has 0 unspecified atom stereocenters. The Morgan fingerprint density at radius 1 is 1.33 bits per heavy atom. The Balaban J connectivity index is 1.57. The second-order valence-electron chi connectivity index (χ2n) is 5.33. The highest BCUT2D eigenvalue weighted by atomic mass is 16.2. The average Bonchev–Trinajstić information content (AvgIpc) is 3.13. The Labute approximate surface area is 135 Å². The van der Waals surface area contributed by atoms with Crippen LogP contribution in [0.1, 0.15) is 0 Å². The highest BCUT2D eigenvalue weighted by Gasteiger charge is 2.12. The van der Waals surface area contributed by atoms with E-state index < -0.39 is 0 Å². The normalized spacial score (nSPS) is 11.2. The molecule has 1 aromatic carbocycles.